The van der Waals surface area contributed by atoms with Crippen molar-refractivity contribution >= 4 is 16.7 Å². The fraction of sp³-hybridized carbons (Fsp3) is 0. The van der Waals surface area contributed by atoms with Crippen molar-refractivity contribution in [3.8, 4) is 0 Å². The third-order valence-corrected chi connectivity index (χ3v) is 1.74. The summed E-state index contributed by atoms with van der Waals surface area (Å²) >= 11 is 0. The first kappa shape index (κ1) is 7.18. The number of fused-ring (bicyclic) bond motifs is 1. The van der Waals surface area contributed by atoms with E-state index in [1.807, 2.05) is 18.2 Å². The Morgan fingerprint density at radius 1 is 1.17 bits per heavy atom. The molecule has 0 aromatic carbocycles. The molecule has 2 aromatic heterocycles. The third-order valence-electron chi connectivity index (χ3n) is 1.74. The molecule has 0 aliphatic carbocycles. The van der Waals surface area contributed by atoms with Gasteiger partial charge in [-0.25, -0.2) is 9.97 Å². The van der Waals surface area contributed by atoms with Crippen molar-refractivity contribution in [2.45, 2.75) is 0 Å². The second-order valence-electron chi connectivity index (χ2n) is 2.48. The molecule has 0 unspecified atom stereocenters. The van der Waals surface area contributed by atoms with E-state index in [0.717, 1.165) is 16.7 Å². The molecule has 0 radical (unpaired) electrons. The van der Waals surface area contributed by atoms with Crippen LogP contribution in [0.5, 0.6) is 0 Å². The van der Waals surface area contributed by atoms with E-state index in [9.17, 15) is 0 Å². The van der Waals surface area contributed by atoms with Crippen LogP contribution in [-0.4, -0.2) is 9.97 Å². The van der Waals surface area contributed by atoms with Gasteiger partial charge >= 0.3 is 0 Å². The molecule has 0 aliphatic rings. The Bertz CT molecular complexity index is 392. The number of aromatic nitrogens is 2. The molecule has 2 aromatic rings. The molecule has 0 bridgehead atoms. The zero-order valence-electron chi connectivity index (χ0n) is 6.57. The normalized spacial score (nSPS) is 10.4. The highest BCUT2D eigenvalue weighted by Crippen LogP contribution is 2.13. The summed E-state index contributed by atoms with van der Waals surface area (Å²) < 4.78 is 0. The van der Waals surface area contributed by atoms with Gasteiger partial charge in [0.25, 0.3) is 0 Å². The van der Waals surface area contributed by atoms with Crippen LogP contribution in [0.15, 0.2) is 30.6 Å². The highest BCUT2D eigenvalue weighted by atomic mass is 15.0. The standard InChI is InChI=1S/C9H9N3/c1-10-9-8-7(4-6-12-9)3-2-5-11-8/h2-6H,1,10H2. The van der Waals surface area contributed by atoms with Crippen molar-refractivity contribution in [3.05, 3.63) is 37.6 Å². The SMILES string of the molecule is [CH2-][NH2+]c1nccc2cccnc12. The lowest BCUT2D eigenvalue weighted by molar-refractivity contribution is -0.507. The molecule has 12 heavy (non-hydrogen) atoms. The number of nitrogens with zero attached hydrogens (tertiary/aromatic N) is 2. The zero-order valence-corrected chi connectivity index (χ0v) is 6.57. The maximum Gasteiger partial charge on any atom is 0.224 e. The summed E-state index contributed by atoms with van der Waals surface area (Å²) in [4.78, 5) is 8.36. The van der Waals surface area contributed by atoms with Crippen molar-refractivity contribution in [1.29, 1.82) is 0 Å². The second-order valence-corrected chi connectivity index (χ2v) is 2.48. The van der Waals surface area contributed by atoms with Crippen LogP contribution in [-0.2, 0) is 0 Å². The van der Waals surface area contributed by atoms with Gasteiger partial charge < -0.3 is 5.32 Å². The Kier molecular flexibility index (Phi) is 1.72. The van der Waals surface area contributed by atoms with Crippen LogP contribution < -0.4 is 5.32 Å². The summed E-state index contributed by atoms with van der Waals surface area (Å²) in [6.45, 7) is 0. The average molecular weight is 159 g/mol. The van der Waals surface area contributed by atoms with Gasteiger partial charge in [0.2, 0.25) is 5.82 Å². The van der Waals surface area contributed by atoms with E-state index in [1.54, 1.807) is 17.7 Å². The van der Waals surface area contributed by atoms with Crippen LogP contribution >= 0.6 is 0 Å². The summed E-state index contributed by atoms with van der Waals surface area (Å²) in [5.41, 5.74) is 0.912. The first-order valence-corrected chi connectivity index (χ1v) is 3.74. The molecule has 2 heterocycles. The maximum absolute atomic E-state index is 4.22. The van der Waals surface area contributed by atoms with Gasteiger partial charge in [0, 0.05) is 17.8 Å². The van der Waals surface area contributed by atoms with Crippen molar-refractivity contribution in [2.24, 2.45) is 0 Å². The van der Waals surface area contributed by atoms with Crippen molar-refractivity contribution in [3.63, 3.8) is 0 Å². The molecule has 0 spiro atoms. The number of hydrogen-bond donors (Lipinski definition) is 1. The van der Waals surface area contributed by atoms with E-state index in [0.29, 0.717) is 0 Å². The van der Waals surface area contributed by atoms with Crippen LogP contribution in [0.2, 0.25) is 0 Å². The molecule has 2 N–H and O–H groups in total. The fourth-order valence-electron chi connectivity index (χ4n) is 1.17. The zero-order chi connectivity index (χ0) is 8.39. The van der Waals surface area contributed by atoms with Crippen molar-refractivity contribution in [2.75, 3.05) is 0 Å². The minimum Gasteiger partial charge on any atom is -0.427 e. The maximum atomic E-state index is 4.22. The number of nitrogens with two attached hydrogens (primary N) is 1. The molecule has 3 nitrogen and oxygen atoms in total. The Balaban J connectivity index is 2.79. The largest absolute Gasteiger partial charge is 0.427 e. The number of pyridine rings is 2. The van der Waals surface area contributed by atoms with Gasteiger partial charge in [-0.05, 0) is 12.1 Å². The fourth-order valence-corrected chi connectivity index (χ4v) is 1.17. The Morgan fingerprint density at radius 3 is 2.92 bits per heavy atom. The predicted molar refractivity (Wildman–Crippen MR) is 46.5 cm³/mol. The first-order chi connectivity index (χ1) is 5.92. The minimum atomic E-state index is 0.841. The van der Waals surface area contributed by atoms with Crippen LogP contribution in [0, 0.1) is 7.05 Å². The van der Waals surface area contributed by atoms with Gasteiger partial charge in [0.15, 0.2) is 0 Å². The summed E-state index contributed by atoms with van der Waals surface area (Å²) in [5, 5.41) is 2.82. The van der Waals surface area contributed by atoms with Gasteiger partial charge in [-0.3, -0.25) is 0 Å². The lowest BCUT2D eigenvalue weighted by Gasteiger charge is -2.00. The van der Waals surface area contributed by atoms with Gasteiger partial charge in [-0.1, -0.05) is 6.07 Å². The molecule has 0 fully saturated rings. The molecule has 0 atom stereocenters. The summed E-state index contributed by atoms with van der Waals surface area (Å²) in [5.74, 6) is 0.841. The van der Waals surface area contributed by atoms with E-state index in [4.69, 9.17) is 0 Å². The monoisotopic (exact) mass is 159 g/mol. The van der Waals surface area contributed by atoms with Crippen LogP contribution in [0.1, 0.15) is 0 Å². The van der Waals surface area contributed by atoms with Crippen LogP contribution in [0.4, 0.5) is 5.82 Å². The van der Waals surface area contributed by atoms with E-state index in [2.05, 4.69) is 17.0 Å². The topological polar surface area (TPSA) is 42.4 Å². The van der Waals surface area contributed by atoms with Gasteiger partial charge in [0.05, 0.1) is 0 Å². The van der Waals surface area contributed by atoms with Crippen LogP contribution in [0.3, 0.4) is 0 Å². The molecular weight excluding hydrogens is 150 g/mol. The minimum absolute atomic E-state index is 0.841. The molecular formula is C9H9N3. The predicted octanol–water partition coefficient (Wildman–Crippen LogP) is 0.616. The second kappa shape index (κ2) is 2.87. The Morgan fingerprint density at radius 2 is 2.08 bits per heavy atom. The highest BCUT2D eigenvalue weighted by molar-refractivity contribution is 5.84. The lowest BCUT2D eigenvalue weighted by Crippen LogP contribution is -2.70. The first-order valence-electron chi connectivity index (χ1n) is 3.74. The Labute approximate surface area is 70.5 Å². The molecule has 2 rings (SSSR count). The number of quaternary nitrogens is 1. The molecule has 0 saturated carbocycles. The summed E-state index contributed by atoms with van der Waals surface area (Å²) in [6, 6.07) is 5.86. The van der Waals surface area contributed by atoms with Crippen molar-refractivity contribution < 1.29 is 5.32 Å². The summed E-state index contributed by atoms with van der Waals surface area (Å²) in [6.07, 6.45) is 3.53. The van der Waals surface area contributed by atoms with E-state index in [-0.39, 0.29) is 0 Å². The van der Waals surface area contributed by atoms with E-state index in [1.165, 1.54) is 0 Å². The lowest BCUT2D eigenvalue weighted by atomic mass is 10.2. The van der Waals surface area contributed by atoms with Gasteiger partial charge in [-0.15, -0.1) is 7.05 Å². The van der Waals surface area contributed by atoms with Crippen LogP contribution in [0.25, 0.3) is 10.9 Å². The number of rotatable bonds is 1. The molecule has 0 amide bonds. The summed E-state index contributed by atoms with van der Waals surface area (Å²) in [7, 11) is 3.68. The molecule has 60 valence electrons. The molecule has 3 heteroatoms. The number of hydrogen-bond acceptors (Lipinski definition) is 2. The quantitative estimate of drug-likeness (QED) is 0.620. The van der Waals surface area contributed by atoms with E-state index >= 15 is 0 Å². The average Bonchev–Trinajstić information content (AvgIpc) is 2.17. The van der Waals surface area contributed by atoms with Gasteiger partial charge in [0.1, 0.15) is 5.52 Å². The van der Waals surface area contributed by atoms with Gasteiger partial charge in [-0.2, -0.15) is 0 Å². The molecule has 0 aliphatic heterocycles. The van der Waals surface area contributed by atoms with E-state index < -0.39 is 0 Å². The third kappa shape index (κ3) is 1.04. The smallest absolute Gasteiger partial charge is 0.224 e. The highest BCUT2D eigenvalue weighted by Gasteiger charge is 2.00. The van der Waals surface area contributed by atoms with Crippen molar-refractivity contribution in [1.82, 2.24) is 9.97 Å². The Hall–Kier alpha value is -1.48. The molecule has 0 saturated heterocycles.